The molecule has 0 radical (unpaired) electrons. The summed E-state index contributed by atoms with van der Waals surface area (Å²) in [6.45, 7) is 7.86. The van der Waals surface area contributed by atoms with Crippen LogP contribution in [-0.4, -0.2) is 41.8 Å². The van der Waals surface area contributed by atoms with E-state index in [1.54, 1.807) is 13.8 Å². The van der Waals surface area contributed by atoms with Crippen LogP contribution in [0.4, 0.5) is 4.79 Å². The Bertz CT molecular complexity index is 331. The van der Waals surface area contributed by atoms with Gasteiger partial charge < -0.3 is 15.7 Å². The van der Waals surface area contributed by atoms with E-state index in [1.807, 2.05) is 13.8 Å². The average Bonchev–Trinajstić information content (AvgIpc) is 2.28. The number of nitrogens with one attached hydrogen (secondary N) is 3. The minimum atomic E-state index is -0.482. The minimum Gasteiger partial charge on any atom is -0.392 e. The first-order chi connectivity index (χ1) is 8.28. The van der Waals surface area contributed by atoms with E-state index in [2.05, 4.69) is 16.0 Å². The lowest BCUT2D eigenvalue weighted by Crippen LogP contribution is -2.63. The molecule has 0 aromatic rings. The Balaban J connectivity index is 2.39. The highest BCUT2D eigenvalue weighted by molar-refractivity contribution is 5.96. The second kappa shape index (κ2) is 5.67. The van der Waals surface area contributed by atoms with Crippen LogP contribution in [-0.2, 0) is 4.79 Å². The number of aliphatic hydroxyl groups excluding tert-OH is 1. The van der Waals surface area contributed by atoms with Crippen molar-refractivity contribution in [2.45, 2.75) is 52.3 Å². The van der Waals surface area contributed by atoms with Crippen LogP contribution < -0.4 is 16.0 Å². The molecule has 0 saturated heterocycles. The van der Waals surface area contributed by atoms with Gasteiger partial charge in [0.15, 0.2) is 0 Å². The van der Waals surface area contributed by atoms with Crippen LogP contribution in [0.3, 0.4) is 0 Å². The Kier molecular flexibility index (Phi) is 4.70. The third kappa shape index (κ3) is 3.20. The highest BCUT2D eigenvalue weighted by Gasteiger charge is 2.47. The summed E-state index contributed by atoms with van der Waals surface area (Å²) >= 11 is 0. The fraction of sp³-hybridized carbons (Fsp3) is 0.833. The SMILES string of the molecule is CCNC(=O)NC(=O)C(C)NC1CC(O)C1(C)C. The number of hydrogen-bond donors (Lipinski definition) is 4. The first kappa shape index (κ1) is 14.9. The van der Waals surface area contributed by atoms with Crippen molar-refractivity contribution in [1.82, 2.24) is 16.0 Å². The van der Waals surface area contributed by atoms with Crippen LogP contribution in [0.25, 0.3) is 0 Å². The third-order valence-corrected chi connectivity index (χ3v) is 3.63. The van der Waals surface area contributed by atoms with Crippen molar-refractivity contribution in [3.63, 3.8) is 0 Å². The molecule has 0 spiro atoms. The Labute approximate surface area is 108 Å². The summed E-state index contributed by atoms with van der Waals surface area (Å²) in [7, 11) is 0. The maximum absolute atomic E-state index is 11.7. The molecule has 0 heterocycles. The largest absolute Gasteiger partial charge is 0.392 e. The smallest absolute Gasteiger partial charge is 0.321 e. The zero-order valence-corrected chi connectivity index (χ0v) is 11.4. The van der Waals surface area contributed by atoms with Gasteiger partial charge in [-0.2, -0.15) is 0 Å². The highest BCUT2D eigenvalue weighted by atomic mass is 16.3. The summed E-state index contributed by atoms with van der Waals surface area (Å²) in [5.41, 5.74) is -0.236. The molecule has 104 valence electrons. The van der Waals surface area contributed by atoms with Crippen LogP contribution in [0.15, 0.2) is 0 Å². The summed E-state index contributed by atoms with van der Waals surface area (Å²) in [5.74, 6) is -0.363. The van der Waals surface area contributed by atoms with Gasteiger partial charge in [-0.15, -0.1) is 0 Å². The van der Waals surface area contributed by atoms with E-state index in [9.17, 15) is 14.7 Å². The molecule has 4 N–H and O–H groups in total. The van der Waals surface area contributed by atoms with Gasteiger partial charge in [0.2, 0.25) is 5.91 Å². The van der Waals surface area contributed by atoms with Crippen molar-refractivity contribution >= 4 is 11.9 Å². The number of carbonyl (C=O) groups is 2. The first-order valence-electron chi connectivity index (χ1n) is 6.31. The molecule has 1 aliphatic carbocycles. The number of amides is 3. The number of rotatable bonds is 4. The van der Waals surface area contributed by atoms with Crippen LogP contribution in [0.2, 0.25) is 0 Å². The van der Waals surface area contributed by atoms with Gasteiger partial charge in [-0.25, -0.2) is 4.79 Å². The van der Waals surface area contributed by atoms with Gasteiger partial charge in [0.05, 0.1) is 12.1 Å². The fourth-order valence-electron chi connectivity index (χ4n) is 1.99. The molecular formula is C12H23N3O3. The maximum Gasteiger partial charge on any atom is 0.321 e. The zero-order valence-electron chi connectivity index (χ0n) is 11.4. The van der Waals surface area contributed by atoms with Crippen molar-refractivity contribution in [1.29, 1.82) is 0 Å². The lowest BCUT2D eigenvalue weighted by Gasteiger charge is -2.50. The van der Waals surface area contributed by atoms with Gasteiger partial charge in [0.1, 0.15) is 0 Å². The van der Waals surface area contributed by atoms with E-state index in [-0.39, 0.29) is 23.5 Å². The van der Waals surface area contributed by atoms with Crippen LogP contribution >= 0.6 is 0 Å². The molecule has 3 unspecified atom stereocenters. The number of hydrogen-bond acceptors (Lipinski definition) is 4. The molecule has 0 aromatic carbocycles. The van der Waals surface area contributed by atoms with E-state index < -0.39 is 12.1 Å². The van der Waals surface area contributed by atoms with Crippen molar-refractivity contribution in [2.24, 2.45) is 5.41 Å². The van der Waals surface area contributed by atoms with Gasteiger partial charge in [0, 0.05) is 18.0 Å². The summed E-state index contributed by atoms with van der Waals surface area (Å²) in [4.78, 5) is 22.9. The molecule has 3 atom stereocenters. The molecule has 6 heteroatoms. The Morgan fingerprint density at radius 2 is 2.06 bits per heavy atom. The maximum atomic E-state index is 11.7. The summed E-state index contributed by atoms with van der Waals surface area (Å²) in [6, 6.07) is -0.865. The predicted molar refractivity (Wildman–Crippen MR) is 68.0 cm³/mol. The van der Waals surface area contributed by atoms with Crippen molar-refractivity contribution in [2.75, 3.05) is 6.54 Å². The topological polar surface area (TPSA) is 90.5 Å². The Morgan fingerprint density at radius 3 is 2.50 bits per heavy atom. The third-order valence-electron chi connectivity index (χ3n) is 3.63. The molecule has 0 bridgehead atoms. The number of carbonyl (C=O) groups excluding carboxylic acids is 2. The van der Waals surface area contributed by atoms with E-state index in [1.165, 1.54) is 0 Å². The highest BCUT2D eigenvalue weighted by Crippen LogP contribution is 2.40. The lowest BCUT2D eigenvalue weighted by molar-refractivity contribution is -0.124. The molecule has 0 aliphatic heterocycles. The summed E-state index contributed by atoms with van der Waals surface area (Å²) in [6.07, 6.45) is 0.292. The molecule has 1 rings (SSSR count). The van der Waals surface area contributed by atoms with E-state index in [0.717, 1.165) is 0 Å². The molecule has 3 amide bonds. The van der Waals surface area contributed by atoms with E-state index >= 15 is 0 Å². The average molecular weight is 257 g/mol. The van der Waals surface area contributed by atoms with E-state index in [4.69, 9.17) is 0 Å². The molecular weight excluding hydrogens is 234 g/mol. The fourth-order valence-corrected chi connectivity index (χ4v) is 1.99. The zero-order chi connectivity index (χ0) is 13.9. The van der Waals surface area contributed by atoms with E-state index in [0.29, 0.717) is 13.0 Å². The Morgan fingerprint density at radius 1 is 1.44 bits per heavy atom. The van der Waals surface area contributed by atoms with Gasteiger partial charge in [0.25, 0.3) is 0 Å². The predicted octanol–water partition coefficient (Wildman–Crippen LogP) is -0.0304. The van der Waals surface area contributed by atoms with Crippen LogP contribution in [0.5, 0.6) is 0 Å². The Hall–Kier alpha value is -1.14. The molecule has 0 aromatic heterocycles. The molecule has 18 heavy (non-hydrogen) atoms. The summed E-state index contributed by atoms with van der Waals surface area (Å²) < 4.78 is 0. The van der Waals surface area contributed by atoms with Gasteiger partial charge in [-0.05, 0) is 20.3 Å². The number of imide groups is 1. The van der Waals surface area contributed by atoms with Gasteiger partial charge in [-0.3, -0.25) is 10.1 Å². The van der Waals surface area contributed by atoms with Crippen LogP contribution in [0.1, 0.15) is 34.1 Å². The molecule has 1 saturated carbocycles. The second-order valence-electron chi connectivity index (χ2n) is 5.36. The van der Waals surface area contributed by atoms with Gasteiger partial charge >= 0.3 is 6.03 Å². The second-order valence-corrected chi connectivity index (χ2v) is 5.36. The number of urea groups is 1. The lowest BCUT2D eigenvalue weighted by atomic mass is 9.64. The minimum absolute atomic E-state index is 0.0856. The van der Waals surface area contributed by atoms with Crippen molar-refractivity contribution in [3.8, 4) is 0 Å². The van der Waals surface area contributed by atoms with Crippen LogP contribution in [0, 0.1) is 5.41 Å². The molecule has 6 nitrogen and oxygen atoms in total. The molecule has 1 aliphatic rings. The van der Waals surface area contributed by atoms with Gasteiger partial charge in [-0.1, -0.05) is 13.8 Å². The number of aliphatic hydroxyl groups is 1. The standard InChI is InChI=1S/C12H23N3O3/c1-5-13-11(18)15-10(17)7(2)14-8-6-9(16)12(8,3)4/h7-9,14,16H,5-6H2,1-4H3,(H2,13,15,17,18). The normalized spacial score (nSPS) is 26.9. The van der Waals surface area contributed by atoms with Crippen molar-refractivity contribution in [3.05, 3.63) is 0 Å². The molecule has 1 fully saturated rings. The summed E-state index contributed by atoms with van der Waals surface area (Å²) in [5, 5.41) is 17.5. The monoisotopic (exact) mass is 257 g/mol. The first-order valence-corrected chi connectivity index (χ1v) is 6.31. The van der Waals surface area contributed by atoms with Crippen molar-refractivity contribution < 1.29 is 14.7 Å². The quantitative estimate of drug-likeness (QED) is 0.569.